The van der Waals surface area contributed by atoms with E-state index in [1.54, 1.807) is 38.1 Å². The monoisotopic (exact) mass is 368 g/mol. The molecule has 0 bridgehead atoms. The molecule has 6 nitrogen and oxygen atoms in total. The van der Waals surface area contributed by atoms with Crippen molar-refractivity contribution < 1.29 is 9.47 Å². The van der Waals surface area contributed by atoms with Crippen LogP contribution in [0.3, 0.4) is 0 Å². The minimum absolute atomic E-state index is 0.733. The molecule has 0 aliphatic heterocycles. The summed E-state index contributed by atoms with van der Waals surface area (Å²) in [5, 5.41) is 5.49. The molecule has 0 fully saturated rings. The lowest BCUT2D eigenvalue weighted by atomic mass is 9.97. The molecule has 1 aliphatic rings. The van der Waals surface area contributed by atoms with E-state index in [9.17, 15) is 0 Å². The van der Waals surface area contributed by atoms with Crippen molar-refractivity contribution in [3.05, 3.63) is 40.5 Å². The van der Waals surface area contributed by atoms with Gasteiger partial charge in [-0.1, -0.05) is 0 Å². The minimum atomic E-state index is 0.733. The van der Waals surface area contributed by atoms with E-state index < -0.39 is 0 Å². The van der Waals surface area contributed by atoms with Gasteiger partial charge in [-0.2, -0.15) is 5.10 Å². The number of ether oxygens (including phenoxy) is 2. The Hall–Kier alpha value is -2.67. The zero-order valence-electron chi connectivity index (χ0n) is 14.8. The highest BCUT2D eigenvalue weighted by Crippen LogP contribution is 2.38. The molecule has 134 valence electrons. The first kappa shape index (κ1) is 16.8. The topological polar surface area (TPSA) is 68.6 Å². The van der Waals surface area contributed by atoms with Gasteiger partial charge in [-0.25, -0.2) is 9.97 Å². The van der Waals surface area contributed by atoms with Crippen LogP contribution in [0.5, 0.6) is 11.5 Å². The number of hydrazone groups is 1. The third-order valence-corrected chi connectivity index (χ3v) is 5.76. The van der Waals surface area contributed by atoms with E-state index in [4.69, 9.17) is 9.47 Å². The SMILES string of the molecule is COc1ccc(OC)c(C=NNc2ncnc3sc4c(c23)CCCC4)c1. The van der Waals surface area contributed by atoms with Crippen LogP contribution in [0, 0.1) is 0 Å². The Bertz CT molecular complexity index is 968. The zero-order chi connectivity index (χ0) is 17.9. The van der Waals surface area contributed by atoms with Crippen molar-refractivity contribution in [2.75, 3.05) is 19.6 Å². The van der Waals surface area contributed by atoms with Crippen molar-refractivity contribution in [2.45, 2.75) is 25.7 Å². The van der Waals surface area contributed by atoms with E-state index in [-0.39, 0.29) is 0 Å². The smallest absolute Gasteiger partial charge is 0.158 e. The number of rotatable bonds is 5. The molecule has 26 heavy (non-hydrogen) atoms. The lowest BCUT2D eigenvalue weighted by Crippen LogP contribution is -2.01. The fraction of sp³-hybridized carbons (Fsp3) is 0.316. The van der Waals surface area contributed by atoms with E-state index >= 15 is 0 Å². The number of nitrogens with one attached hydrogen (secondary N) is 1. The quantitative estimate of drug-likeness (QED) is 0.544. The van der Waals surface area contributed by atoms with Crippen LogP contribution < -0.4 is 14.9 Å². The largest absolute Gasteiger partial charge is 0.497 e. The van der Waals surface area contributed by atoms with Crippen molar-refractivity contribution in [2.24, 2.45) is 5.10 Å². The molecule has 0 saturated heterocycles. The normalized spacial score (nSPS) is 13.8. The molecule has 0 radical (unpaired) electrons. The summed E-state index contributed by atoms with van der Waals surface area (Å²) in [6.07, 6.45) is 8.01. The number of methoxy groups -OCH3 is 2. The summed E-state index contributed by atoms with van der Waals surface area (Å²) in [6, 6.07) is 5.60. The van der Waals surface area contributed by atoms with E-state index in [1.807, 2.05) is 18.2 Å². The lowest BCUT2D eigenvalue weighted by molar-refractivity contribution is 0.402. The van der Waals surface area contributed by atoms with Gasteiger partial charge in [0, 0.05) is 10.4 Å². The van der Waals surface area contributed by atoms with Crippen LogP contribution in [0.1, 0.15) is 28.8 Å². The second-order valence-corrected chi connectivity index (χ2v) is 7.17. The predicted octanol–water partition coefficient (Wildman–Crippen LogP) is 4.03. The number of hydrogen-bond donors (Lipinski definition) is 1. The second-order valence-electron chi connectivity index (χ2n) is 6.09. The van der Waals surface area contributed by atoms with Crippen LogP contribution >= 0.6 is 11.3 Å². The van der Waals surface area contributed by atoms with Gasteiger partial charge in [0.1, 0.15) is 22.7 Å². The Morgan fingerprint density at radius 2 is 2.04 bits per heavy atom. The highest BCUT2D eigenvalue weighted by Gasteiger charge is 2.19. The van der Waals surface area contributed by atoms with Gasteiger partial charge >= 0.3 is 0 Å². The molecule has 0 amide bonds. The van der Waals surface area contributed by atoms with E-state index in [0.717, 1.165) is 45.9 Å². The Labute approximate surface area is 155 Å². The number of fused-ring (bicyclic) bond motifs is 3. The molecule has 0 saturated carbocycles. The number of hydrogen-bond acceptors (Lipinski definition) is 7. The number of aromatic nitrogens is 2. The van der Waals surface area contributed by atoms with Gasteiger partial charge in [0.25, 0.3) is 0 Å². The van der Waals surface area contributed by atoms with Crippen LogP contribution in [0.4, 0.5) is 5.82 Å². The Morgan fingerprint density at radius 1 is 1.15 bits per heavy atom. The van der Waals surface area contributed by atoms with Gasteiger partial charge in [-0.3, -0.25) is 5.43 Å². The van der Waals surface area contributed by atoms with Crippen molar-refractivity contribution >= 4 is 33.6 Å². The Morgan fingerprint density at radius 3 is 2.88 bits per heavy atom. The predicted molar refractivity (Wildman–Crippen MR) is 105 cm³/mol. The molecule has 1 aliphatic carbocycles. The summed E-state index contributed by atoms with van der Waals surface area (Å²) >= 11 is 1.78. The van der Waals surface area contributed by atoms with Gasteiger partial charge < -0.3 is 9.47 Å². The van der Waals surface area contributed by atoms with Gasteiger partial charge in [0.15, 0.2) is 5.82 Å². The standard InChI is InChI=1S/C19H20N4O2S/c1-24-13-7-8-15(25-2)12(9-13)10-22-23-18-17-14-5-3-4-6-16(14)26-19(17)21-11-20-18/h7-11H,3-6H2,1-2H3,(H,20,21,23). The number of aryl methyl sites for hydroxylation is 2. The molecule has 7 heteroatoms. The average Bonchev–Trinajstić information content (AvgIpc) is 3.07. The third kappa shape index (κ3) is 3.10. The first-order valence-electron chi connectivity index (χ1n) is 8.56. The summed E-state index contributed by atoms with van der Waals surface area (Å²) < 4.78 is 10.7. The highest BCUT2D eigenvalue weighted by molar-refractivity contribution is 7.19. The molecule has 2 aromatic heterocycles. The maximum atomic E-state index is 5.38. The van der Waals surface area contributed by atoms with Crippen LogP contribution in [0.2, 0.25) is 0 Å². The van der Waals surface area contributed by atoms with E-state index in [2.05, 4.69) is 20.5 Å². The fourth-order valence-electron chi connectivity index (χ4n) is 3.28. The van der Waals surface area contributed by atoms with Crippen LogP contribution in [-0.2, 0) is 12.8 Å². The van der Waals surface area contributed by atoms with Gasteiger partial charge in [-0.05, 0) is 49.4 Å². The van der Waals surface area contributed by atoms with Gasteiger partial charge in [0.05, 0.1) is 25.8 Å². The molecule has 1 N–H and O–H groups in total. The van der Waals surface area contributed by atoms with Crippen molar-refractivity contribution in [1.82, 2.24) is 9.97 Å². The molecule has 3 aromatic rings. The van der Waals surface area contributed by atoms with Gasteiger partial charge in [-0.15, -0.1) is 11.3 Å². The summed E-state index contributed by atoms with van der Waals surface area (Å²) in [5.41, 5.74) is 5.30. The average molecular weight is 368 g/mol. The summed E-state index contributed by atoms with van der Waals surface area (Å²) in [6.45, 7) is 0. The Kier molecular flexibility index (Phi) is 4.71. The van der Waals surface area contributed by atoms with Gasteiger partial charge in [0.2, 0.25) is 0 Å². The maximum absolute atomic E-state index is 5.38. The molecular weight excluding hydrogens is 348 g/mol. The first-order chi connectivity index (χ1) is 12.8. The number of thiophene rings is 1. The van der Waals surface area contributed by atoms with E-state index in [1.165, 1.54) is 23.3 Å². The summed E-state index contributed by atoms with van der Waals surface area (Å²) in [7, 11) is 3.27. The van der Waals surface area contributed by atoms with Crippen LogP contribution in [0.15, 0.2) is 29.6 Å². The van der Waals surface area contributed by atoms with Crippen molar-refractivity contribution in [3.63, 3.8) is 0 Å². The zero-order valence-corrected chi connectivity index (χ0v) is 15.6. The second kappa shape index (κ2) is 7.29. The number of benzene rings is 1. The summed E-state index contributed by atoms with van der Waals surface area (Å²) in [5.74, 6) is 2.24. The number of nitrogens with zero attached hydrogens (tertiary/aromatic N) is 3. The molecule has 0 unspecified atom stereocenters. The molecule has 1 aromatic carbocycles. The highest BCUT2D eigenvalue weighted by atomic mass is 32.1. The molecule has 0 atom stereocenters. The summed E-state index contributed by atoms with van der Waals surface area (Å²) in [4.78, 5) is 11.3. The fourth-order valence-corrected chi connectivity index (χ4v) is 4.51. The Balaban J connectivity index is 1.64. The van der Waals surface area contributed by atoms with Crippen LogP contribution in [0.25, 0.3) is 10.2 Å². The molecule has 2 heterocycles. The molecule has 4 rings (SSSR count). The number of anilines is 1. The van der Waals surface area contributed by atoms with Crippen LogP contribution in [-0.4, -0.2) is 30.4 Å². The third-order valence-electron chi connectivity index (χ3n) is 4.56. The maximum Gasteiger partial charge on any atom is 0.158 e. The lowest BCUT2D eigenvalue weighted by Gasteiger charge is -2.11. The molecule has 0 spiro atoms. The van der Waals surface area contributed by atoms with Crippen molar-refractivity contribution in [3.8, 4) is 11.5 Å². The van der Waals surface area contributed by atoms with E-state index in [0.29, 0.717) is 0 Å². The first-order valence-corrected chi connectivity index (χ1v) is 9.38. The minimum Gasteiger partial charge on any atom is -0.497 e. The van der Waals surface area contributed by atoms with Crippen molar-refractivity contribution in [1.29, 1.82) is 0 Å². The molecular formula is C19H20N4O2S.